The van der Waals surface area contributed by atoms with E-state index in [1.807, 2.05) is 0 Å². The van der Waals surface area contributed by atoms with Crippen molar-refractivity contribution >= 4 is 40.0 Å². The SMILES string of the molecule is CCCCCCCCCCCCOS(=O)(=O)O.O.[NaH]. The molecular weight excluding hydrogens is 279 g/mol. The first kappa shape index (κ1) is 24.8. The summed E-state index contributed by atoms with van der Waals surface area (Å²) < 4.78 is 33.0. The summed E-state index contributed by atoms with van der Waals surface area (Å²) in [6, 6.07) is 0. The van der Waals surface area contributed by atoms with E-state index in [4.69, 9.17) is 4.55 Å². The Balaban J connectivity index is -0.00000128. The number of unbranched alkanes of at least 4 members (excludes halogenated alkanes) is 9. The Bertz CT molecular complexity index is 257. The van der Waals surface area contributed by atoms with E-state index in [1.54, 1.807) is 0 Å². The summed E-state index contributed by atoms with van der Waals surface area (Å²) in [6.45, 7) is 2.31. The van der Waals surface area contributed by atoms with Crippen molar-refractivity contribution in [2.45, 2.75) is 71.1 Å². The molecule has 0 radical (unpaired) electrons. The topological polar surface area (TPSA) is 95.1 Å². The number of hydrogen-bond donors (Lipinski definition) is 1. The average Bonchev–Trinajstić information content (AvgIpc) is 2.24. The maximum absolute atomic E-state index is 10.2. The molecule has 0 rings (SSSR count). The van der Waals surface area contributed by atoms with Crippen LogP contribution in [0.3, 0.4) is 0 Å². The third-order valence-corrected chi connectivity index (χ3v) is 3.19. The molecule has 0 heterocycles. The van der Waals surface area contributed by atoms with Gasteiger partial charge in [0.2, 0.25) is 0 Å². The Labute approximate surface area is 140 Å². The molecule has 0 fully saturated rings. The fourth-order valence-corrected chi connectivity index (χ4v) is 2.08. The van der Waals surface area contributed by atoms with Gasteiger partial charge < -0.3 is 5.48 Å². The molecule has 5 nitrogen and oxygen atoms in total. The molecule has 0 unspecified atom stereocenters. The van der Waals surface area contributed by atoms with Crippen molar-refractivity contribution in [3.8, 4) is 0 Å². The molecule has 19 heavy (non-hydrogen) atoms. The van der Waals surface area contributed by atoms with E-state index < -0.39 is 10.4 Å². The summed E-state index contributed by atoms with van der Waals surface area (Å²) in [5.41, 5.74) is 0. The molecule has 0 aliphatic rings. The van der Waals surface area contributed by atoms with Gasteiger partial charge in [-0.15, -0.1) is 0 Å². The molecular formula is C12H29NaO5S. The minimum atomic E-state index is -4.23. The van der Waals surface area contributed by atoms with E-state index in [2.05, 4.69) is 11.1 Å². The third kappa shape index (κ3) is 24.3. The van der Waals surface area contributed by atoms with Crippen LogP contribution < -0.4 is 0 Å². The van der Waals surface area contributed by atoms with Gasteiger partial charge in [0.15, 0.2) is 0 Å². The number of rotatable bonds is 12. The Hall–Kier alpha value is 0.830. The normalized spacial score (nSPS) is 10.6. The zero-order valence-electron chi connectivity index (χ0n) is 11.4. The molecule has 0 atom stereocenters. The second-order valence-corrected chi connectivity index (χ2v) is 5.52. The molecule has 0 saturated heterocycles. The predicted molar refractivity (Wildman–Crippen MR) is 80.1 cm³/mol. The van der Waals surface area contributed by atoms with Crippen molar-refractivity contribution in [2.75, 3.05) is 6.61 Å². The first-order valence-electron chi connectivity index (χ1n) is 6.68. The zero-order valence-corrected chi connectivity index (χ0v) is 12.2. The number of hydrogen-bond acceptors (Lipinski definition) is 3. The van der Waals surface area contributed by atoms with Gasteiger partial charge in [-0.2, -0.15) is 8.42 Å². The first-order valence-corrected chi connectivity index (χ1v) is 8.04. The van der Waals surface area contributed by atoms with E-state index in [1.165, 1.54) is 44.9 Å². The van der Waals surface area contributed by atoms with Crippen LogP contribution >= 0.6 is 0 Å². The molecule has 0 amide bonds. The van der Waals surface area contributed by atoms with Gasteiger partial charge in [-0.25, -0.2) is 4.18 Å². The van der Waals surface area contributed by atoms with Crippen LogP contribution in [0.15, 0.2) is 0 Å². The van der Waals surface area contributed by atoms with Crippen LogP contribution in [0, 0.1) is 0 Å². The predicted octanol–water partition coefficient (Wildman–Crippen LogP) is 2.25. The van der Waals surface area contributed by atoms with Crippen molar-refractivity contribution in [3.63, 3.8) is 0 Å². The standard InChI is InChI=1S/C12H26O4S.Na.H2O.H/c1-2-3-4-5-6-7-8-9-10-11-12-16-17(13,14)15;;;/h2-12H2,1H3,(H,13,14,15);;1H2;. The summed E-state index contributed by atoms with van der Waals surface area (Å²) in [7, 11) is -4.23. The van der Waals surface area contributed by atoms with Crippen LogP contribution in [0.4, 0.5) is 0 Å². The second kappa shape index (κ2) is 16.9. The monoisotopic (exact) mass is 308 g/mol. The van der Waals surface area contributed by atoms with E-state index >= 15 is 0 Å². The summed E-state index contributed by atoms with van der Waals surface area (Å²) in [6.07, 6.45) is 11.9. The van der Waals surface area contributed by atoms with Gasteiger partial charge in [-0.05, 0) is 6.42 Å². The Kier molecular flexibility index (Phi) is 22.1. The van der Waals surface area contributed by atoms with Crippen molar-refractivity contribution in [2.24, 2.45) is 0 Å². The van der Waals surface area contributed by atoms with Crippen molar-refractivity contribution in [1.82, 2.24) is 0 Å². The quantitative estimate of drug-likeness (QED) is 0.340. The van der Waals surface area contributed by atoms with E-state index in [-0.39, 0.29) is 41.6 Å². The molecule has 0 spiro atoms. The maximum atomic E-state index is 10.2. The van der Waals surface area contributed by atoms with Gasteiger partial charge in [-0.3, -0.25) is 4.55 Å². The Morgan fingerprint density at radius 3 is 1.58 bits per heavy atom. The van der Waals surface area contributed by atoms with Crippen LogP contribution in [0.25, 0.3) is 0 Å². The van der Waals surface area contributed by atoms with Crippen LogP contribution in [0.1, 0.15) is 71.1 Å². The van der Waals surface area contributed by atoms with Gasteiger partial charge >= 0.3 is 40.0 Å². The van der Waals surface area contributed by atoms with Crippen LogP contribution in [0.2, 0.25) is 0 Å². The summed E-state index contributed by atoms with van der Waals surface area (Å²) in [4.78, 5) is 0. The fraction of sp³-hybridized carbons (Fsp3) is 1.00. The van der Waals surface area contributed by atoms with E-state index in [9.17, 15) is 8.42 Å². The third-order valence-electron chi connectivity index (χ3n) is 2.73. The van der Waals surface area contributed by atoms with Gasteiger partial charge in [0, 0.05) is 0 Å². The Morgan fingerprint density at radius 1 is 0.842 bits per heavy atom. The molecule has 0 saturated carbocycles. The molecule has 0 aromatic carbocycles. The molecule has 114 valence electrons. The van der Waals surface area contributed by atoms with Gasteiger partial charge in [0.25, 0.3) is 0 Å². The molecule has 0 aromatic rings. The molecule has 7 heteroatoms. The molecule has 0 bridgehead atoms. The van der Waals surface area contributed by atoms with Crippen molar-refractivity contribution in [1.29, 1.82) is 0 Å². The van der Waals surface area contributed by atoms with Crippen LogP contribution in [0.5, 0.6) is 0 Å². The van der Waals surface area contributed by atoms with Crippen LogP contribution in [-0.2, 0) is 14.6 Å². The van der Waals surface area contributed by atoms with Crippen molar-refractivity contribution in [3.05, 3.63) is 0 Å². The van der Waals surface area contributed by atoms with Gasteiger partial charge in [0.1, 0.15) is 0 Å². The van der Waals surface area contributed by atoms with Crippen molar-refractivity contribution < 1.29 is 22.6 Å². The molecule has 0 aromatic heterocycles. The molecule has 0 aliphatic carbocycles. The fourth-order valence-electron chi connectivity index (χ4n) is 1.75. The van der Waals surface area contributed by atoms with Gasteiger partial charge in [0.05, 0.1) is 6.61 Å². The summed E-state index contributed by atoms with van der Waals surface area (Å²) in [5.74, 6) is 0. The molecule has 3 N–H and O–H groups in total. The van der Waals surface area contributed by atoms with Gasteiger partial charge in [-0.1, -0.05) is 64.7 Å². The first-order chi connectivity index (χ1) is 8.06. The second-order valence-electron chi connectivity index (χ2n) is 4.43. The van der Waals surface area contributed by atoms with E-state index in [0.29, 0.717) is 6.42 Å². The minimum absolute atomic E-state index is 0. The summed E-state index contributed by atoms with van der Waals surface area (Å²) in [5, 5.41) is 0. The molecule has 0 aliphatic heterocycles. The summed E-state index contributed by atoms with van der Waals surface area (Å²) >= 11 is 0. The van der Waals surface area contributed by atoms with Crippen LogP contribution in [-0.4, -0.2) is 54.6 Å². The average molecular weight is 308 g/mol. The van der Waals surface area contributed by atoms with E-state index in [0.717, 1.165) is 12.8 Å². The Morgan fingerprint density at radius 2 is 1.21 bits per heavy atom. The zero-order chi connectivity index (χ0) is 13.0.